The maximum atomic E-state index is 13.4. The molecule has 0 saturated carbocycles. The summed E-state index contributed by atoms with van der Waals surface area (Å²) in [5.41, 5.74) is -3.12. The Hall–Kier alpha value is 1.26. The van der Waals surface area contributed by atoms with Crippen LogP contribution in [0.5, 0.6) is 0 Å². The van der Waals surface area contributed by atoms with Gasteiger partial charge in [-0.1, -0.05) is 117 Å². The fraction of sp³-hybridized carbons (Fsp3) is 1.00. The van der Waals surface area contributed by atoms with Gasteiger partial charge in [-0.3, -0.25) is 9.11 Å². The summed E-state index contributed by atoms with van der Waals surface area (Å²) in [5.74, 6) is -3.28. The molecule has 4 aliphatic heterocycles. The standard InChI is InChI=1S/C36H66O11S2.K.H/c1-5-7-9-11-13-15-17-19-21-31(3,48(37,38)39)33(23-27-43-33)35(25-29-45-35)47-36(26-30-46-36)34(24-28-44-34)32(4,49(40,41)42)22-20-18-16-14-12-10-8-6-2;;/h5-30H2,1-4H3,(H,37,38,39)(H,40,41,42);;/q;+1;-1. The van der Waals surface area contributed by atoms with E-state index in [0.29, 0.717) is 12.8 Å². The first-order valence-corrected chi connectivity index (χ1v) is 22.2. The Kier molecular flexibility index (Phi) is 17.3. The van der Waals surface area contributed by atoms with Crippen LogP contribution in [0.2, 0.25) is 0 Å². The Morgan fingerprint density at radius 2 is 0.800 bits per heavy atom. The molecular formula is C36H67KO11S2. The molecule has 0 bridgehead atoms. The van der Waals surface area contributed by atoms with Gasteiger partial charge in [0.1, 0.15) is 20.7 Å². The summed E-state index contributed by atoms with van der Waals surface area (Å²) in [6.07, 6.45) is 17.7. The molecule has 6 atom stereocenters. The predicted molar refractivity (Wildman–Crippen MR) is 190 cm³/mol. The molecule has 4 rings (SSSR count). The van der Waals surface area contributed by atoms with Crippen LogP contribution in [0.4, 0.5) is 0 Å². The normalized spacial score (nSPS) is 32.0. The van der Waals surface area contributed by atoms with E-state index in [0.717, 1.165) is 51.4 Å². The topological polar surface area (TPSA) is 155 Å². The number of ether oxygens (including phenoxy) is 5. The van der Waals surface area contributed by atoms with Crippen molar-refractivity contribution in [3.63, 3.8) is 0 Å². The van der Waals surface area contributed by atoms with Crippen molar-refractivity contribution in [3.8, 4) is 0 Å². The van der Waals surface area contributed by atoms with E-state index in [4.69, 9.17) is 23.7 Å². The average Bonchev–Trinajstić information content (AvgIpc) is 2.94. The maximum Gasteiger partial charge on any atom is 1.00 e. The van der Waals surface area contributed by atoms with Crippen LogP contribution >= 0.6 is 0 Å². The zero-order valence-electron chi connectivity index (χ0n) is 32.8. The van der Waals surface area contributed by atoms with Gasteiger partial charge >= 0.3 is 51.4 Å². The molecule has 0 amide bonds. The number of hydrogen-bond donors (Lipinski definition) is 2. The van der Waals surface area contributed by atoms with E-state index >= 15 is 0 Å². The van der Waals surface area contributed by atoms with Crippen LogP contribution in [0.25, 0.3) is 0 Å². The second-order valence-electron chi connectivity index (χ2n) is 15.5. The Bertz CT molecular complexity index is 1170. The van der Waals surface area contributed by atoms with E-state index in [9.17, 15) is 25.9 Å². The van der Waals surface area contributed by atoms with E-state index in [1.54, 1.807) is 0 Å². The third kappa shape index (κ3) is 8.63. The van der Waals surface area contributed by atoms with Gasteiger partial charge in [0.2, 0.25) is 11.6 Å². The van der Waals surface area contributed by atoms with Crippen molar-refractivity contribution in [1.82, 2.24) is 0 Å². The Labute approximate surface area is 347 Å². The zero-order chi connectivity index (χ0) is 35.9. The summed E-state index contributed by atoms with van der Waals surface area (Å²) in [4.78, 5) is 0. The quantitative estimate of drug-likeness (QED) is 0.0691. The minimum Gasteiger partial charge on any atom is -1.00 e. The van der Waals surface area contributed by atoms with Gasteiger partial charge in [-0.2, -0.15) is 16.8 Å². The average molecular weight is 779 g/mol. The first-order valence-electron chi connectivity index (χ1n) is 19.4. The van der Waals surface area contributed by atoms with Gasteiger partial charge in [-0.15, -0.1) is 0 Å². The molecule has 4 fully saturated rings. The Morgan fingerprint density at radius 1 is 0.540 bits per heavy atom. The molecule has 0 radical (unpaired) electrons. The summed E-state index contributed by atoms with van der Waals surface area (Å²) in [6, 6.07) is 0. The SMILES string of the molecule is CCCCCCCCCCC(C)(C1(C2(OC3(C4(C(C)(CCCCCCCCCC)S(=O)(=O)O)CCO4)CCO3)CCO2)CCO1)S(=O)(=O)O.[H-].[K+]. The molecule has 4 aliphatic rings. The van der Waals surface area contributed by atoms with Crippen LogP contribution in [0.3, 0.4) is 0 Å². The summed E-state index contributed by atoms with van der Waals surface area (Å²) >= 11 is 0. The van der Waals surface area contributed by atoms with Crippen molar-refractivity contribution in [2.75, 3.05) is 26.4 Å². The van der Waals surface area contributed by atoms with Gasteiger partial charge in [0, 0.05) is 25.7 Å². The van der Waals surface area contributed by atoms with Crippen molar-refractivity contribution < 1.29 is 102 Å². The Balaban J connectivity index is 0.00000451. The van der Waals surface area contributed by atoms with Gasteiger partial charge in [0.15, 0.2) is 0 Å². The second kappa shape index (κ2) is 18.9. The minimum atomic E-state index is -4.69. The van der Waals surface area contributed by atoms with Crippen LogP contribution in [0.1, 0.15) is 170 Å². The summed E-state index contributed by atoms with van der Waals surface area (Å²) in [6.45, 7) is 8.44. The van der Waals surface area contributed by atoms with Crippen LogP contribution < -0.4 is 51.4 Å². The fourth-order valence-electron chi connectivity index (χ4n) is 8.93. The minimum absolute atomic E-state index is 0. The summed E-state index contributed by atoms with van der Waals surface area (Å²) < 4.78 is 103. The fourth-order valence-corrected chi connectivity index (χ4v) is 11.2. The van der Waals surface area contributed by atoms with E-state index < -0.39 is 52.5 Å². The second-order valence-corrected chi connectivity index (χ2v) is 19.2. The largest absolute Gasteiger partial charge is 1.00 e. The van der Waals surface area contributed by atoms with E-state index in [2.05, 4.69) is 13.8 Å². The van der Waals surface area contributed by atoms with Crippen molar-refractivity contribution in [3.05, 3.63) is 0 Å². The van der Waals surface area contributed by atoms with Crippen molar-refractivity contribution in [1.29, 1.82) is 0 Å². The molecule has 0 spiro atoms. The van der Waals surface area contributed by atoms with Gasteiger partial charge in [-0.25, -0.2) is 0 Å². The van der Waals surface area contributed by atoms with Gasteiger partial charge in [-0.05, 0) is 26.7 Å². The molecule has 50 heavy (non-hydrogen) atoms. The van der Waals surface area contributed by atoms with Gasteiger partial charge in [0.25, 0.3) is 20.2 Å². The zero-order valence-corrected chi connectivity index (χ0v) is 36.5. The van der Waals surface area contributed by atoms with Gasteiger partial charge < -0.3 is 25.1 Å². The molecule has 11 nitrogen and oxygen atoms in total. The van der Waals surface area contributed by atoms with Crippen LogP contribution in [-0.2, 0) is 43.9 Å². The van der Waals surface area contributed by atoms with Crippen LogP contribution in [0.15, 0.2) is 0 Å². The molecule has 2 N–H and O–H groups in total. The smallest absolute Gasteiger partial charge is 1.00 e. The Morgan fingerprint density at radius 3 is 1.00 bits per heavy atom. The molecule has 0 aromatic carbocycles. The molecule has 0 aliphatic carbocycles. The maximum absolute atomic E-state index is 13.4. The van der Waals surface area contributed by atoms with Crippen molar-refractivity contribution in [2.24, 2.45) is 0 Å². The van der Waals surface area contributed by atoms with Crippen LogP contribution in [0, 0.1) is 0 Å². The molecule has 6 unspecified atom stereocenters. The molecule has 4 heterocycles. The molecule has 0 aromatic heterocycles. The summed E-state index contributed by atoms with van der Waals surface area (Å²) in [5, 5.41) is 0. The molecule has 4 saturated heterocycles. The van der Waals surface area contributed by atoms with E-state index in [-0.39, 0.29) is 118 Å². The number of hydrogen-bond acceptors (Lipinski definition) is 9. The third-order valence-corrected chi connectivity index (χ3v) is 15.9. The molecule has 0 aromatic rings. The molecular weight excluding hydrogens is 712 g/mol. The predicted octanol–water partition coefficient (Wildman–Crippen LogP) is 5.03. The van der Waals surface area contributed by atoms with E-state index in [1.165, 1.54) is 52.4 Å². The molecule has 14 heteroatoms. The first kappa shape index (κ1) is 45.6. The summed E-state index contributed by atoms with van der Waals surface area (Å²) in [7, 11) is -9.38. The monoisotopic (exact) mass is 778 g/mol. The molecule has 290 valence electrons. The third-order valence-electron chi connectivity index (χ3n) is 12.6. The van der Waals surface area contributed by atoms with Crippen LogP contribution in [-0.4, -0.2) is 84.6 Å². The van der Waals surface area contributed by atoms with Crippen molar-refractivity contribution in [2.45, 2.75) is 201 Å². The van der Waals surface area contributed by atoms with E-state index in [1.807, 2.05) is 0 Å². The van der Waals surface area contributed by atoms with Gasteiger partial charge in [0.05, 0.1) is 26.4 Å². The number of unbranched alkanes of at least 4 members (excludes halogenated alkanes) is 14. The first-order chi connectivity index (χ1) is 23.2. The van der Waals surface area contributed by atoms with Crippen molar-refractivity contribution >= 4 is 20.2 Å². The number of rotatable bonds is 26.